The van der Waals surface area contributed by atoms with Crippen molar-refractivity contribution in [3.63, 3.8) is 0 Å². The van der Waals surface area contributed by atoms with Gasteiger partial charge in [-0.05, 0) is 35.4 Å². The molecule has 0 N–H and O–H groups in total. The third-order valence-corrected chi connectivity index (χ3v) is 8.01. The van der Waals surface area contributed by atoms with E-state index in [2.05, 4.69) is 70.7 Å². The SMILES string of the molecule is O=C(N1CCN(C(c2ccccc2)c2ccccc2)CC1)C1(c2cc(-c3cccs3)on2)CC1. The average Bonchev–Trinajstić information content (AvgIpc) is 3.28. The van der Waals surface area contributed by atoms with Gasteiger partial charge in [-0.3, -0.25) is 9.69 Å². The standard InChI is InChI=1S/C28H27N3O2S/c32-27(28(13-14-28)25-20-23(33-29-25)24-12-7-19-34-24)31-17-15-30(16-18-31)26(21-8-3-1-4-9-21)22-10-5-2-6-11-22/h1-12,19-20,26H,13-18H2. The minimum absolute atomic E-state index is 0.193. The van der Waals surface area contributed by atoms with E-state index in [4.69, 9.17) is 4.52 Å². The molecule has 4 aromatic rings. The molecule has 0 spiro atoms. The number of carbonyl (C=O) groups excluding carboxylic acids is 1. The lowest BCUT2D eigenvalue weighted by Crippen LogP contribution is -2.52. The zero-order valence-electron chi connectivity index (χ0n) is 19.0. The summed E-state index contributed by atoms with van der Waals surface area (Å²) in [5, 5.41) is 6.34. The van der Waals surface area contributed by atoms with Crippen molar-refractivity contribution in [1.29, 1.82) is 0 Å². The van der Waals surface area contributed by atoms with Crippen LogP contribution < -0.4 is 0 Å². The summed E-state index contributed by atoms with van der Waals surface area (Å²) in [6.07, 6.45) is 1.69. The molecule has 6 rings (SSSR count). The summed E-state index contributed by atoms with van der Waals surface area (Å²) >= 11 is 1.62. The number of hydrogen-bond donors (Lipinski definition) is 0. The van der Waals surface area contributed by atoms with E-state index in [1.165, 1.54) is 11.1 Å². The van der Waals surface area contributed by atoms with Gasteiger partial charge in [-0.25, -0.2) is 0 Å². The summed E-state index contributed by atoms with van der Waals surface area (Å²) in [5.74, 6) is 0.955. The molecule has 1 aliphatic carbocycles. The molecular weight excluding hydrogens is 442 g/mol. The van der Waals surface area contributed by atoms with Crippen LogP contribution in [-0.4, -0.2) is 47.0 Å². The van der Waals surface area contributed by atoms with Crippen molar-refractivity contribution in [2.75, 3.05) is 26.2 Å². The maximum Gasteiger partial charge on any atom is 0.235 e. The van der Waals surface area contributed by atoms with Gasteiger partial charge >= 0.3 is 0 Å². The maximum atomic E-state index is 13.6. The van der Waals surface area contributed by atoms with Crippen LogP contribution in [0.4, 0.5) is 0 Å². The van der Waals surface area contributed by atoms with Crippen LogP contribution in [0, 0.1) is 0 Å². The second-order valence-corrected chi connectivity index (χ2v) is 10.1. The number of aromatic nitrogens is 1. The number of piperazine rings is 1. The Kier molecular flexibility index (Phi) is 5.55. The smallest absolute Gasteiger partial charge is 0.235 e. The van der Waals surface area contributed by atoms with E-state index in [0.717, 1.165) is 55.4 Å². The number of amides is 1. The molecule has 0 unspecified atom stereocenters. The van der Waals surface area contributed by atoms with Gasteiger partial charge in [0.1, 0.15) is 0 Å². The molecule has 5 nitrogen and oxygen atoms in total. The van der Waals surface area contributed by atoms with Gasteiger partial charge in [0.25, 0.3) is 0 Å². The van der Waals surface area contributed by atoms with Gasteiger partial charge in [0, 0.05) is 32.2 Å². The Morgan fingerprint density at radius 1 is 0.882 bits per heavy atom. The summed E-state index contributed by atoms with van der Waals surface area (Å²) < 4.78 is 5.60. The molecule has 1 saturated heterocycles. The minimum atomic E-state index is -0.501. The summed E-state index contributed by atoms with van der Waals surface area (Å²) in [6, 6.07) is 27.5. The van der Waals surface area contributed by atoms with Gasteiger partial charge in [0.2, 0.25) is 5.91 Å². The maximum absolute atomic E-state index is 13.6. The molecule has 0 bridgehead atoms. The molecule has 2 aromatic carbocycles. The Labute approximate surface area is 203 Å². The zero-order valence-corrected chi connectivity index (χ0v) is 19.8. The molecule has 3 heterocycles. The van der Waals surface area contributed by atoms with E-state index in [1.54, 1.807) is 11.3 Å². The van der Waals surface area contributed by atoms with Crippen molar-refractivity contribution in [3.8, 4) is 10.6 Å². The lowest BCUT2D eigenvalue weighted by atomic mass is 9.96. The molecule has 1 saturated carbocycles. The lowest BCUT2D eigenvalue weighted by Gasteiger charge is -2.40. The van der Waals surface area contributed by atoms with Crippen LogP contribution in [-0.2, 0) is 10.2 Å². The van der Waals surface area contributed by atoms with Crippen molar-refractivity contribution in [1.82, 2.24) is 15.0 Å². The Morgan fingerprint density at radius 3 is 2.09 bits per heavy atom. The van der Waals surface area contributed by atoms with E-state index in [1.807, 2.05) is 28.5 Å². The van der Waals surface area contributed by atoms with Gasteiger partial charge in [-0.1, -0.05) is 71.9 Å². The third-order valence-electron chi connectivity index (χ3n) is 7.12. The number of carbonyl (C=O) groups is 1. The number of hydrogen-bond acceptors (Lipinski definition) is 5. The van der Waals surface area contributed by atoms with Gasteiger partial charge < -0.3 is 9.42 Å². The van der Waals surface area contributed by atoms with Crippen molar-refractivity contribution < 1.29 is 9.32 Å². The van der Waals surface area contributed by atoms with Crippen LogP contribution in [0.25, 0.3) is 10.6 Å². The van der Waals surface area contributed by atoms with Crippen molar-refractivity contribution >= 4 is 17.2 Å². The van der Waals surface area contributed by atoms with E-state index in [9.17, 15) is 4.79 Å². The predicted octanol–water partition coefficient (Wildman–Crippen LogP) is 5.37. The first-order valence-corrected chi connectivity index (χ1v) is 12.8. The topological polar surface area (TPSA) is 49.6 Å². The molecule has 34 heavy (non-hydrogen) atoms. The average molecular weight is 470 g/mol. The number of nitrogens with zero attached hydrogens (tertiary/aromatic N) is 3. The second-order valence-electron chi connectivity index (χ2n) is 9.19. The number of thiophene rings is 1. The molecule has 2 aliphatic rings. The highest BCUT2D eigenvalue weighted by Crippen LogP contribution is 2.50. The molecule has 2 fully saturated rings. The first-order chi connectivity index (χ1) is 16.7. The van der Waals surface area contributed by atoms with Crippen LogP contribution in [0.3, 0.4) is 0 Å². The molecule has 2 aromatic heterocycles. The van der Waals surface area contributed by atoms with Crippen LogP contribution in [0.2, 0.25) is 0 Å². The van der Waals surface area contributed by atoms with Gasteiger partial charge in [0.15, 0.2) is 5.76 Å². The second kappa shape index (κ2) is 8.85. The molecule has 1 amide bonds. The summed E-state index contributed by atoms with van der Waals surface area (Å²) in [4.78, 5) is 19.2. The molecule has 1 aliphatic heterocycles. The summed E-state index contributed by atoms with van der Waals surface area (Å²) in [7, 11) is 0. The first-order valence-electron chi connectivity index (χ1n) is 11.9. The monoisotopic (exact) mass is 469 g/mol. The third kappa shape index (κ3) is 3.87. The minimum Gasteiger partial charge on any atom is -0.355 e. The Balaban J connectivity index is 1.18. The Hall–Kier alpha value is -3.22. The normalized spacial score (nSPS) is 17.7. The van der Waals surface area contributed by atoms with E-state index < -0.39 is 5.41 Å². The quantitative estimate of drug-likeness (QED) is 0.381. The Bertz CT molecular complexity index is 1200. The van der Waals surface area contributed by atoms with Crippen LogP contribution >= 0.6 is 11.3 Å². The van der Waals surface area contributed by atoms with Crippen LogP contribution in [0.5, 0.6) is 0 Å². The first kappa shape index (κ1) is 21.3. The lowest BCUT2D eigenvalue weighted by molar-refractivity contribution is -0.136. The molecule has 172 valence electrons. The number of benzene rings is 2. The highest BCUT2D eigenvalue weighted by Gasteiger charge is 2.55. The van der Waals surface area contributed by atoms with Gasteiger partial charge in [-0.2, -0.15) is 0 Å². The summed E-state index contributed by atoms with van der Waals surface area (Å²) in [5.41, 5.74) is 2.86. The van der Waals surface area contributed by atoms with E-state index in [0.29, 0.717) is 0 Å². The molecule has 0 atom stereocenters. The fraction of sp³-hybridized carbons (Fsp3) is 0.286. The van der Waals surface area contributed by atoms with Crippen molar-refractivity contribution in [2.24, 2.45) is 0 Å². The zero-order chi connectivity index (χ0) is 23.0. The van der Waals surface area contributed by atoms with Crippen LogP contribution in [0.15, 0.2) is 88.8 Å². The highest BCUT2D eigenvalue weighted by atomic mass is 32.1. The Morgan fingerprint density at radius 2 is 1.53 bits per heavy atom. The van der Waals surface area contributed by atoms with Gasteiger partial charge in [0.05, 0.1) is 22.0 Å². The summed E-state index contributed by atoms with van der Waals surface area (Å²) in [6.45, 7) is 3.14. The van der Waals surface area contributed by atoms with E-state index >= 15 is 0 Å². The van der Waals surface area contributed by atoms with Crippen molar-refractivity contribution in [3.05, 3.63) is 101 Å². The largest absolute Gasteiger partial charge is 0.355 e. The fourth-order valence-electron chi connectivity index (χ4n) is 5.11. The van der Waals surface area contributed by atoms with E-state index in [-0.39, 0.29) is 11.9 Å². The number of rotatable bonds is 6. The van der Waals surface area contributed by atoms with Crippen LogP contribution in [0.1, 0.15) is 35.7 Å². The fourth-order valence-corrected chi connectivity index (χ4v) is 5.78. The molecule has 0 radical (unpaired) electrons. The highest BCUT2D eigenvalue weighted by molar-refractivity contribution is 7.13. The molecular formula is C28H27N3O2S. The predicted molar refractivity (Wildman–Crippen MR) is 134 cm³/mol. The molecule has 6 heteroatoms. The van der Waals surface area contributed by atoms with Gasteiger partial charge in [-0.15, -0.1) is 11.3 Å². The van der Waals surface area contributed by atoms with Crippen molar-refractivity contribution in [2.45, 2.75) is 24.3 Å².